The second-order valence-corrected chi connectivity index (χ2v) is 6.11. The van der Waals surface area contributed by atoms with Crippen molar-refractivity contribution in [2.45, 2.75) is 26.9 Å². The zero-order valence-electron chi connectivity index (χ0n) is 12.6. The van der Waals surface area contributed by atoms with Crippen LogP contribution in [0.2, 0.25) is 0 Å². The van der Waals surface area contributed by atoms with Crippen molar-refractivity contribution in [2.24, 2.45) is 0 Å². The summed E-state index contributed by atoms with van der Waals surface area (Å²) in [5.74, 6) is -0.280. The van der Waals surface area contributed by atoms with E-state index in [0.717, 1.165) is 11.1 Å². The van der Waals surface area contributed by atoms with Gasteiger partial charge in [0.05, 0.1) is 5.69 Å². The summed E-state index contributed by atoms with van der Waals surface area (Å²) in [5.41, 5.74) is 2.24. The normalized spacial score (nSPS) is 11.9. The molecule has 2 rings (SSSR count). The number of halogens is 2. The lowest BCUT2D eigenvalue weighted by molar-refractivity contribution is -0.122. The Bertz CT molecular complexity index is 683. The standard InChI is InChI=1S/C17H17BrFNO2/c1-10-6-11(2)8-14(7-10)22-12(3)17(21)20-16-5-4-13(18)9-15(16)19/h4-9,12H,1-3H3,(H,20,21)/t12-/m1/s1. The fraction of sp³-hybridized carbons (Fsp3) is 0.235. The fourth-order valence-corrected chi connectivity index (χ4v) is 2.42. The van der Waals surface area contributed by atoms with E-state index in [4.69, 9.17) is 4.74 Å². The maximum absolute atomic E-state index is 13.7. The first kappa shape index (κ1) is 16.5. The molecule has 2 aromatic rings. The number of anilines is 1. The van der Waals surface area contributed by atoms with Crippen LogP contribution in [0.1, 0.15) is 18.1 Å². The van der Waals surface area contributed by atoms with Gasteiger partial charge < -0.3 is 10.1 Å². The fourth-order valence-electron chi connectivity index (χ4n) is 2.08. The molecule has 5 heteroatoms. The van der Waals surface area contributed by atoms with Crippen molar-refractivity contribution in [3.63, 3.8) is 0 Å². The van der Waals surface area contributed by atoms with Crippen LogP contribution >= 0.6 is 15.9 Å². The number of hydrogen-bond donors (Lipinski definition) is 1. The van der Waals surface area contributed by atoms with Crippen molar-refractivity contribution in [3.8, 4) is 5.75 Å². The second-order valence-electron chi connectivity index (χ2n) is 5.20. The van der Waals surface area contributed by atoms with Crippen LogP contribution < -0.4 is 10.1 Å². The minimum atomic E-state index is -0.732. The number of carbonyl (C=O) groups is 1. The molecule has 0 aromatic heterocycles. The van der Waals surface area contributed by atoms with E-state index in [-0.39, 0.29) is 5.69 Å². The smallest absolute Gasteiger partial charge is 0.265 e. The molecule has 0 unspecified atom stereocenters. The average Bonchev–Trinajstić information content (AvgIpc) is 2.40. The summed E-state index contributed by atoms with van der Waals surface area (Å²) >= 11 is 3.17. The molecule has 0 aliphatic carbocycles. The number of carbonyl (C=O) groups excluding carboxylic acids is 1. The summed E-state index contributed by atoms with van der Waals surface area (Å²) in [5, 5.41) is 2.53. The highest BCUT2D eigenvalue weighted by atomic mass is 79.9. The Morgan fingerprint density at radius 2 is 1.82 bits per heavy atom. The zero-order chi connectivity index (χ0) is 16.3. The molecule has 0 bridgehead atoms. The van der Waals surface area contributed by atoms with Crippen LogP contribution in [0.15, 0.2) is 40.9 Å². The van der Waals surface area contributed by atoms with Crippen molar-refractivity contribution in [2.75, 3.05) is 5.32 Å². The molecule has 22 heavy (non-hydrogen) atoms. The third-order valence-electron chi connectivity index (χ3n) is 3.07. The lowest BCUT2D eigenvalue weighted by atomic mass is 10.1. The number of hydrogen-bond acceptors (Lipinski definition) is 2. The Morgan fingerprint density at radius 3 is 2.41 bits per heavy atom. The molecule has 1 amide bonds. The van der Waals surface area contributed by atoms with E-state index in [1.165, 1.54) is 12.1 Å². The van der Waals surface area contributed by atoms with Gasteiger partial charge in [-0.2, -0.15) is 0 Å². The quantitative estimate of drug-likeness (QED) is 0.858. The van der Waals surface area contributed by atoms with Gasteiger partial charge in [-0.05, 0) is 62.2 Å². The Morgan fingerprint density at radius 1 is 1.18 bits per heavy atom. The lowest BCUT2D eigenvalue weighted by Crippen LogP contribution is -2.30. The molecular formula is C17H17BrFNO2. The van der Waals surface area contributed by atoms with E-state index in [1.54, 1.807) is 13.0 Å². The van der Waals surface area contributed by atoms with Crippen LogP contribution in [0.4, 0.5) is 10.1 Å². The third-order valence-corrected chi connectivity index (χ3v) is 3.56. The van der Waals surface area contributed by atoms with Crippen molar-refractivity contribution in [1.29, 1.82) is 0 Å². The Hall–Kier alpha value is -1.88. The summed E-state index contributed by atoms with van der Waals surface area (Å²) in [4.78, 5) is 12.1. The third kappa shape index (κ3) is 4.31. The van der Waals surface area contributed by atoms with Crippen LogP contribution in [0.25, 0.3) is 0 Å². The molecule has 0 aliphatic heterocycles. The first-order valence-electron chi connectivity index (χ1n) is 6.86. The Balaban J connectivity index is 2.05. The highest BCUT2D eigenvalue weighted by molar-refractivity contribution is 9.10. The summed E-state index contributed by atoms with van der Waals surface area (Å²) in [7, 11) is 0. The summed E-state index contributed by atoms with van der Waals surface area (Å²) in [6, 6.07) is 10.2. The molecule has 0 heterocycles. The van der Waals surface area contributed by atoms with Crippen molar-refractivity contribution in [1.82, 2.24) is 0 Å². The molecule has 1 atom stereocenters. The molecule has 0 radical (unpaired) electrons. The molecule has 2 aromatic carbocycles. The maximum Gasteiger partial charge on any atom is 0.265 e. The molecule has 1 N–H and O–H groups in total. The van der Waals surface area contributed by atoms with Gasteiger partial charge in [-0.1, -0.05) is 22.0 Å². The van der Waals surface area contributed by atoms with Crippen LogP contribution in [0.3, 0.4) is 0 Å². The van der Waals surface area contributed by atoms with E-state index < -0.39 is 17.8 Å². The van der Waals surface area contributed by atoms with E-state index in [2.05, 4.69) is 21.2 Å². The Labute approximate surface area is 137 Å². The van der Waals surface area contributed by atoms with E-state index in [0.29, 0.717) is 10.2 Å². The molecule has 116 valence electrons. The molecule has 0 saturated carbocycles. The van der Waals surface area contributed by atoms with Crippen molar-refractivity contribution < 1.29 is 13.9 Å². The van der Waals surface area contributed by atoms with Gasteiger partial charge in [0, 0.05) is 4.47 Å². The Kier molecular flexibility index (Phi) is 5.19. The molecule has 0 aliphatic rings. The van der Waals surface area contributed by atoms with Gasteiger partial charge in [-0.3, -0.25) is 4.79 Å². The lowest BCUT2D eigenvalue weighted by Gasteiger charge is -2.16. The van der Waals surface area contributed by atoms with Crippen LogP contribution in [-0.2, 0) is 4.79 Å². The molecule has 0 fully saturated rings. The van der Waals surface area contributed by atoms with Crippen molar-refractivity contribution in [3.05, 3.63) is 57.8 Å². The number of nitrogens with one attached hydrogen (secondary N) is 1. The number of ether oxygens (including phenoxy) is 1. The van der Waals surface area contributed by atoms with E-state index >= 15 is 0 Å². The van der Waals surface area contributed by atoms with Crippen molar-refractivity contribution >= 4 is 27.5 Å². The van der Waals surface area contributed by atoms with E-state index in [9.17, 15) is 9.18 Å². The van der Waals surface area contributed by atoms with Gasteiger partial charge in [-0.25, -0.2) is 4.39 Å². The average molecular weight is 366 g/mol. The molecule has 0 saturated heterocycles. The van der Waals surface area contributed by atoms with Crippen LogP contribution in [-0.4, -0.2) is 12.0 Å². The topological polar surface area (TPSA) is 38.3 Å². The first-order chi connectivity index (χ1) is 10.3. The zero-order valence-corrected chi connectivity index (χ0v) is 14.2. The molecule has 3 nitrogen and oxygen atoms in total. The number of aryl methyl sites for hydroxylation is 2. The van der Waals surface area contributed by atoms with Gasteiger partial charge in [0.25, 0.3) is 5.91 Å². The predicted molar refractivity (Wildman–Crippen MR) is 88.7 cm³/mol. The number of rotatable bonds is 4. The number of amides is 1. The molecule has 0 spiro atoms. The molecular weight excluding hydrogens is 349 g/mol. The van der Waals surface area contributed by atoms with Gasteiger partial charge in [0.15, 0.2) is 6.10 Å². The summed E-state index contributed by atoms with van der Waals surface area (Å²) in [6.07, 6.45) is -0.732. The minimum Gasteiger partial charge on any atom is -0.481 e. The van der Waals surface area contributed by atoms with E-state index in [1.807, 2.05) is 32.0 Å². The summed E-state index contributed by atoms with van der Waals surface area (Å²) in [6.45, 7) is 5.55. The van der Waals surface area contributed by atoms with Crippen LogP contribution in [0.5, 0.6) is 5.75 Å². The highest BCUT2D eigenvalue weighted by Crippen LogP contribution is 2.21. The largest absolute Gasteiger partial charge is 0.481 e. The minimum absolute atomic E-state index is 0.129. The van der Waals surface area contributed by atoms with Gasteiger partial charge >= 0.3 is 0 Å². The monoisotopic (exact) mass is 365 g/mol. The highest BCUT2D eigenvalue weighted by Gasteiger charge is 2.16. The summed E-state index contributed by atoms with van der Waals surface area (Å²) < 4.78 is 20.0. The maximum atomic E-state index is 13.7. The van der Waals surface area contributed by atoms with Gasteiger partial charge in [0.2, 0.25) is 0 Å². The second kappa shape index (κ2) is 6.92. The van der Waals surface area contributed by atoms with Crippen LogP contribution in [0, 0.1) is 19.7 Å². The predicted octanol–water partition coefficient (Wildman–Crippen LogP) is 4.61. The SMILES string of the molecule is Cc1cc(C)cc(O[C@H](C)C(=O)Nc2ccc(Br)cc2F)c1. The number of benzene rings is 2. The van der Waals surface area contributed by atoms with Gasteiger partial charge in [-0.15, -0.1) is 0 Å². The first-order valence-corrected chi connectivity index (χ1v) is 7.65. The van der Waals surface area contributed by atoms with Gasteiger partial charge in [0.1, 0.15) is 11.6 Å².